The van der Waals surface area contributed by atoms with Crippen LogP contribution in [0, 0.1) is 20.8 Å². The van der Waals surface area contributed by atoms with Crippen LogP contribution in [0.3, 0.4) is 0 Å². The Balaban J connectivity index is 3.20. The molecular formula is C12H14Br2O. The van der Waals surface area contributed by atoms with Gasteiger partial charge in [0.15, 0.2) is 5.78 Å². The van der Waals surface area contributed by atoms with Crippen molar-refractivity contribution in [1.82, 2.24) is 0 Å². The van der Waals surface area contributed by atoms with Gasteiger partial charge in [-0.3, -0.25) is 4.79 Å². The summed E-state index contributed by atoms with van der Waals surface area (Å²) in [4.78, 5) is 11.9. The summed E-state index contributed by atoms with van der Waals surface area (Å²) in [7, 11) is 0. The lowest BCUT2D eigenvalue weighted by atomic mass is 9.95. The molecule has 0 aliphatic rings. The Morgan fingerprint density at radius 1 is 1.27 bits per heavy atom. The molecule has 1 rings (SSSR count). The van der Waals surface area contributed by atoms with Gasteiger partial charge in [-0.25, -0.2) is 0 Å². The molecule has 0 bridgehead atoms. The topological polar surface area (TPSA) is 17.1 Å². The largest absolute Gasteiger partial charge is 0.293 e. The minimum Gasteiger partial charge on any atom is -0.293 e. The van der Waals surface area contributed by atoms with E-state index in [9.17, 15) is 4.79 Å². The van der Waals surface area contributed by atoms with Crippen molar-refractivity contribution in [3.63, 3.8) is 0 Å². The van der Waals surface area contributed by atoms with Crippen LogP contribution >= 0.6 is 31.9 Å². The summed E-state index contributed by atoms with van der Waals surface area (Å²) >= 11 is 6.68. The van der Waals surface area contributed by atoms with Crippen molar-refractivity contribution < 1.29 is 4.79 Å². The molecule has 0 aliphatic heterocycles. The van der Waals surface area contributed by atoms with Gasteiger partial charge in [0, 0.05) is 10.9 Å². The highest BCUT2D eigenvalue weighted by Gasteiger charge is 2.19. The fraction of sp³-hybridized carbons (Fsp3) is 0.417. The van der Waals surface area contributed by atoms with Gasteiger partial charge >= 0.3 is 0 Å². The second-order valence-electron chi connectivity index (χ2n) is 3.76. The maximum atomic E-state index is 12.1. The number of aryl methyl sites for hydroxylation is 3. The Bertz CT molecular complexity index is 362. The zero-order valence-electron chi connectivity index (χ0n) is 9.10. The monoisotopic (exact) mass is 332 g/mol. The summed E-state index contributed by atoms with van der Waals surface area (Å²) in [5.74, 6) is 0.155. The van der Waals surface area contributed by atoms with E-state index in [1.165, 1.54) is 5.56 Å². The zero-order valence-corrected chi connectivity index (χ0v) is 12.3. The van der Waals surface area contributed by atoms with Gasteiger partial charge in [0.25, 0.3) is 0 Å². The van der Waals surface area contributed by atoms with E-state index in [4.69, 9.17) is 0 Å². The molecule has 1 unspecified atom stereocenters. The third-order valence-electron chi connectivity index (χ3n) is 2.34. The SMILES string of the molecule is Cc1cc(C)c(C(=O)C(Br)CBr)c(C)c1. The number of halogens is 2. The molecule has 0 radical (unpaired) electrons. The number of carbonyl (C=O) groups is 1. The Labute approximate surface area is 108 Å². The van der Waals surface area contributed by atoms with Gasteiger partial charge in [0.05, 0.1) is 4.83 Å². The van der Waals surface area contributed by atoms with Crippen molar-refractivity contribution >= 4 is 37.6 Å². The molecule has 15 heavy (non-hydrogen) atoms. The van der Waals surface area contributed by atoms with Gasteiger partial charge in [0.2, 0.25) is 0 Å². The number of hydrogen-bond donors (Lipinski definition) is 0. The number of rotatable bonds is 3. The molecule has 0 saturated heterocycles. The molecular weight excluding hydrogens is 320 g/mol. The van der Waals surface area contributed by atoms with Crippen LogP contribution in [0.15, 0.2) is 12.1 Å². The van der Waals surface area contributed by atoms with Crippen LogP contribution in [-0.4, -0.2) is 15.9 Å². The summed E-state index contributed by atoms with van der Waals surface area (Å²) < 4.78 is 0. The standard InChI is InChI=1S/C12H14Br2O/c1-7-4-8(2)11(9(3)5-7)12(15)10(14)6-13/h4-5,10H,6H2,1-3H3. The summed E-state index contributed by atoms with van der Waals surface area (Å²) in [6.45, 7) is 6.02. The summed E-state index contributed by atoms with van der Waals surface area (Å²) in [5.41, 5.74) is 4.17. The first-order valence-electron chi connectivity index (χ1n) is 4.79. The molecule has 1 aromatic carbocycles. The van der Waals surface area contributed by atoms with E-state index in [-0.39, 0.29) is 10.6 Å². The molecule has 1 nitrogen and oxygen atoms in total. The zero-order chi connectivity index (χ0) is 11.6. The highest BCUT2D eigenvalue weighted by atomic mass is 79.9. The molecule has 1 aromatic rings. The lowest BCUT2D eigenvalue weighted by Gasteiger charge is -2.12. The predicted molar refractivity (Wildman–Crippen MR) is 71.5 cm³/mol. The van der Waals surface area contributed by atoms with Crippen molar-refractivity contribution in [2.75, 3.05) is 5.33 Å². The lowest BCUT2D eigenvalue weighted by molar-refractivity contribution is 0.0996. The Kier molecular flexibility index (Phi) is 4.53. The van der Waals surface area contributed by atoms with Crippen molar-refractivity contribution in [3.8, 4) is 0 Å². The Hall–Kier alpha value is -0.150. The highest BCUT2D eigenvalue weighted by Crippen LogP contribution is 2.21. The van der Waals surface area contributed by atoms with Crippen molar-refractivity contribution in [1.29, 1.82) is 0 Å². The first-order valence-corrected chi connectivity index (χ1v) is 6.83. The Morgan fingerprint density at radius 3 is 2.13 bits per heavy atom. The summed E-state index contributed by atoms with van der Waals surface area (Å²) in [6, 6.07) is 4.10. The van der Waals surface area contributed by atoms with Crippen molar-refractivity contribution in [3.05, 3.63) is 34.4 Å². The molecule has 0 spiro atoms. The summed E-state index contributed by atoms with van der Waals surface area (Å²) in [5, 5.41) is 0.637. The van der Waals surface area contributed by atoms with Crippen LogP contribution in [0.1, 0.15) is 27.0 Å². The maximum absolute atomic E-state index is 12.1. The van der Waals surface area contributed by atoms with E-state index in [1.807, 2.05) is 32.9 Å². The highest BCUT2D eigenvalue weighted by molar-refractivity contribution is 9.12. The minimum absolute atomic E-state index is 0.141. The smallest absolute Gasteiger partial charge is 0.177 e. The number of alkyl halides is 2. The van der Waals surface area contributed by atoms with E-state index in [0.717, 1.165) is 16.7 Å². The second kappa shape index (κ2) is 5.26. The molecule has 0 N–H and O–H groups in total. The molecule has 0 saturated carbocycles. The van der Waals surface area contributed by atoms with Gasteiger partial charge in [-0.05, 0) is 31.9 Å². The normalized spacial score (nSPS) is 12.6. The van der Waals surface area contributed by atoms with Crippen LogP contribution in [0.2, 0.25) is 0 Å². The van der Waals surface area contributed by atoms with Gasteiger partial charge in [0.1, 0.15) is 0 Å². The average molecular weight is 334 g/mol. The van der Waals surface area contributed by atoms with Crippen LogP contribution < -0.4 is 0 Å². The van der Waals surface area contributed by atoms with E-state index in [1.54, 1.807) is 0 Å². The number of ketones is 1. The third kappa shape index (κ3) is 2.91. The lowest BCUT2D eigenvalue weighted by Crippen LogP contribution is -2.18. The number of carbonyl (C=O) groups excluding carboxylic acids is 1. The van der Waals surface area contributed by atoms with Gasteiger partial charge in [-0.15, -0.1) is 0 Å². The number of Topliss-reactive ketones (excluding diaryl/α,β-unsaturated/α-hetero) is 1. The predicted octanol–water partition coefficient (Wildman–Crippen LogP) is 3.95. The van der Waals surface area contributed by atoms with Crippen molar-refractivity contribution in [2.24, 2.45) is 0 Å². The van der Waals surface area contributed by atoms with Gasteiger partial charge < -0.3 is 0 Å². The van der Waals surface area contributed by atoms with Crippen LogP contribution in [-0.2, 0) is 0 Å². The van der Waals surface area contributed by atoms with E-state index in [0.29, 0.717) is 5.33 Å². The minimum atomic E-state index is -0.141. The van der Waals surface area contributed by atoms with Gasteiger partial charge in [-0.2, -0.15) is 0 Å². The molecule has 0 aliphatic carbocycles. The molecule has 0 amide bonds. The quantitative estimate of drug-likeness (QED) is 0.604. The van der Waals surface area contributed by atoms with Crippen molar-refractivity contribution in [2.45, 2.75) is 25.6 Å². The maximum Gasteiger partial charge on any atom is 0.177 e. The molecule has 0 fully saturated rings. The van der Waals surface area contributed by atoms with Crippen LogP contribution in [0.4, 0.5) is 0 Å². The number of benzene rings is 1. The van der Waals surface area contributed by atoms with E-state index >= 15 is 0 Å². The number of hydrogen-bond acceptors (Lipinski definition) is 1. The van der Waals surface area contributed by atoms with E-state index < -0.39 is 0 Å². The molecule has 3 heteroatoms. The third-order valence-corrected chi connectivity index (χ3v) is 4.60. The van der Waals surface area contributed by atoms with Gasteiger partial charge in [-0.1, -0.05) is 49.6 Å². The Morgan fingerprint density at radius 2 is 1.73 bits per heavy atom. The fourth-order valence-electron chi connectivity index (χ4n) is 1.80. The fourth-order valence-corrected chi connectivity index (χ4v) is 2.32. The first kappa shape index (κ1) is 12.9. The first-order chi connectivity index (χ1) is 6.97. The molecule has 1 atom stereocenters. The molecule has 0 aromatic heterocycles. The second-order valence-corrected chi connectivity index (χ2v) is 5.51. The van der Waals surface area contributed by atoms with Crippen LogP contribution in [0.5, 0.6) is 0 Å². The molecule has 82 valence electrons. The summed E-state index contributed by atoms with van der Waals surface area (Å²) in [6.07, 6.45) is 0. The average Bonchev–Trinajstić information content (AvgIpc) is 2.14. The van der Waals surface area contributed by atoms with E-state index in [2.05, 4.69) is 31.9 Å². The molecule has 0 heterocycles. The van der Waals surface area contributed by atoms with Crippen LogP contribution in [0.25, 0.3) is 0 Å².